The van der Waals surface area contributed by atoms with Crippen molar-refractivity contribution in [1.82, 2.24) is 14.9 Å². The highest BCUT2D eigenvalue weighted by molar-refractivity contribution is 5.94. The van der Waals surface area contributed by atoms with Gasteiger partial charge < -0.3 is 5.32 Å². The molecule has 0 fully saturated rings. The second-order valence-electron chi connectivity index (χ2n) is 4.57. The van der Waals surface area contributed by atoms with Crippen molar-refractivity contribution < 1.29 is 4.79 Å². The summed E-state index contributed by atoms with van der Waals surface area (Å²) >= 11 is 0. The average molecular weight is 276 g/mol. The Morgan fingerprint density at radius 2 is 2.05 bits per heavy atom. The number of aromatic nitrogens is 2. The minimum Gasteiger partial charge on any atom is -0.348 e. The van der Waals surface area contributed by atoms with Crippen molar-refractivity contribution >= 4 is 11.4 Å². The van der Waals surface area contributed by atoms with Crippen LogP contribution in [0.15, 0.2) is 54.9 Å². The highest BCUT2D eigenvalue weighted by Gasteiger charge is 2.07. The molecule has 0 spiro atoms. The number of nitriles is 1. The fourth-order valence-corrected chi connectivity index (χ4v) is 2.10. The number of hydrogen-bond acceptors (Lipinski definition) is 3. The van der Waals surface area contributed by atoms with Gasteiger partial charge in [0.2, 0.25) is 0 Å². The molecule has 0 radical (unpaired) electrons. The van der Waals surface area contributed by atoms with Crippen LogP contribution in [0.1, 0.15) is 21.5 Å². The molecule has 1 N–H and O–H groups in total. The molecule has 102 valence electrons. The molecule has 0 saturated heterocycles. The summed E-state index contributed by atoms with van der Waals surface area (Å²) in [6, 6.07) is 14.4. The molecule has 3 rings (SSSR count). The van der Waals surface area contributed by atoms with Crippen molar-refractivity contribution in [3.63, 3.8) is 0 Å². The molecule has 1 aromatic carbocycles. The van der Waals surface area contributed by atoms with Gasteiger partial charge in [-0.2, -0.15) is 10.4 Å². The van der Waals surface area contributed by atoms with Gasteiger partial charge in [-0.05, 0) is 36.4 Å². The molecule has 5 nitrogen and oxygen atoms in total. The number of amides is 1. The van der Waals surface area contributed by atoms with E-state index >= 15 is 0 Å². The number of pyridine rings is 1. The Morgan fingerprint density at radius 3 is 2.81 bits per heavy atom. The lowest BCUT2D eigenvalue weighted by molar-refractivity contribution is 0.0951. The molecule has 0 aliphatic heterocycles. The van der Waals surface area contributed by atoms with Crippen LogP contribution in [0.3, 0.4) is 0 Å². The molecule has 0 unspecified atom stereocenters. The van der Waals surface area contributed by atoms with E-state index in [2.05, 4.69) is 10.4 Å². The largest absolute Gasteiger partial charge is 0.348 e. The number of rotatable bonds is 3. The average Bonchev–Trinajstić information content (AvgIpc) is 2.96. The van der Waals surface area contributed by atoms with E-state index in [-0.39, 0.29) is 5.91 Å². The maximum Gasteiger partial charge on any atom is 0.251 e. The molecule has 1 amide bonds. The fraction of sp³-hybridized carbons (Fsp3) is 0.0625. The summed E-state index contributed by atoms with van der Waals surface area (Å²) in [7, 11) is 0. The summed E-state index contributed by atoms with van der Waals surface area (Å²) in [4.78, 5) is 12.1. The first-order chi connectivity index (χ1) is 10.3. The number of hydrogen-bond donors (Lipinski definition) is 1. The van der Waals surface area contributed by atoms with Crippen LogP contribution in [-0.2, 0) is 6.54 Å². The third-order valence-electron chi connectivity index (χ3n) is 3.22. The minimum atomic E-state index is -0.172. The van der Waals surface area contributed by atoms with Crippen LogP contribution in [-0.4, -0.2) is 15.5 Å². The van der Waals surface area contributed by atoms with Crippen molar-refractivity contribution in [1.29, 1.82) is 5.26 Å². The Balaban J connectivity index is 1.72. The van der Waals surface area contributed by atoms with Crippen LogP contribution in [0.5, 0.6) is 0 Å². The smallest absolute Gasteiger partial charge is 0.251 e. The fourth-order valence-electron chi connectivity index (χ4n) is 2.10. The lowest BCUT2D eigenvalue weighted by atomic mass is 10.1. The Morgan fingerprint density at radius 1 is 1.24 bits per heavy atom. The lowest BCUT2D eigenvalue weighted by Gasteiger charge is -2.04. The number of carbonyl (C=O) groups is 1. The minimum absolute atomic E-state index is 0.172. The summed E-state index contributed by atoms with van der Waals surface area (Å²) in [6.07, 6.45) is 3.61. The molecule has 0 aliphatic carbocycles. The molecule has 2 aromatic heterocycles. The molecule has 0 saturated carbocycles. The number of benzene rings is 1. The van der Waals surface area contributed by atoms with E-state index in [9.17, 15) is 4.79 Å². The van der Waals surface area contributed by atoms with Gasteiger partial charge in [0.1, 0.15) is 0 Å². The normalized spacial score (nSPS) is 10.2. The quantitative estimate of drug-likeness (QED) is 0.796. The predicted octanol–water partition coefficient (Wildman–Crippen LogP) is 2.14. The van der Waals surface area contributed by atoms with E-state index in [0.717, 1.165) is 11.1 Å². The number of fused-ring (bicyclic) bond motifs is 1. The molecular weight excluding hydrogens is 264 g/mol. The Labute approximate surface area is 121 Å². The summed E-state index contributed by atoms with van der Waals surface area (Å²) < 4.78 is 1.77. The van der Waals surface area contributed by atoms with Crippen LogP contribution in [0, 0.1) is 11.3 Å². The van der Waals surface area contributed by atoms with Gasteiger partial charge in [-0.15, -0.1) is 0 Å². The predicted molar refractivity (Wildman–Crippen MR) is 77.5 cm³/mol. The first-order valence-corrected chi connectivity index (χ1v) is 6.47. The zero-order chi connectivity index (χ0) is 14.7. The maximum absolute atomic E-state index is 12.1. The summed E-state index contributed by atoms with van der Waals surface area (Å²) in [5, 5.41) is 15.8. The van der Waals surface area contributed by atoms with Gasteiger partial charge >= 0.3 is 0 Å². The second-order valence-corrected chi connectivity index (χ2v) is 4.57. The van der Waals surface area contributed by atoms with Crippen molar-refractivity contribution in [2.75, 3.05) is 0 Å². The van der Waals surface area contributed by atoms with Gasteiger partial charge in [0, 0.05) is 23.9 Å². The van der Waals surface area contributed by atoms with E-state index in [1.807, 2.05) is 30.5 Å². The monoisotopic (exact) mass is 276 g/mol. The van der Waals surface area contributed by atoms with Gasteiger partial charge in [0.05, 0.1) is 23.3 Å². The SMILES string of the molecule is N#Cc1ccc(C(=O)NCc2cnn3ccccc23)cc1. The van der Waals surface area contributed by atoms with Crippen LogP contribution in [0.2, 0.25) is 0 Å². The van der Waals surface area contributed by atoms with E-state index < -0.39 is 0 Å². The van der Waals surface area contributed by atoms with Crippen LogP contribution in [0.25, 0.3) is 5.52 Å². The standard InChI is InChI=1S/C16H12N4O/c17-9-12-4-6-13(7-5-12)16(21)18-10-14-11-19-20-8-2-1-3-15(14)20/h1-8,11H,10H2,(H,18,21). The third kappa shape index (κ3) is 2.60. The number of carbonyl (C=O) groups excluding carboxylic acids is 1. The van der Waals surface area contributed by atoms with Crippen molar-refractivity contribution in [3.05, 3.63) is 71.5 Å². The summed E-state index contributed by atoms with van der Waals surface area (Å²) in [5.74, 6) is -0.172. The van der Waals surface area contributed by atoms with Gasteiger partial charge in [0.25, 0.3) is 5.91 Å². The molecule has 0 bridgehead atoms. The molecule has 5 heteroatoms. The summed E-state index contributed by atoms with van der Waals surface area (Å²) in [5.41, 5.74) is 3.00. The first-order valence-electron chi connectivity index (χ1n) is 6.47. The van der Waals surface area contributed by atoms with Gasteiger partial charge in [-0.1, -0.05) is 6.07 Å². The van der Waals surface area contributed by atoms with Gasteiger partial charge in [-0.25, -0.2) is 4.52 Å². The molecule has 0 aliphatic rings. The zero-order valence-electron chi connectivity index (χ0n) is 11.2. The number of nitrogens with one attached hydrogen (secondary N) is 1. The second kappa shape index (κ2) is 5.47. The van der Waals surface area contributed by atoms with E-state index in [0.29, 0.717) is 17.7 Å². The van der Waals surface area contributed by atoms with Gasteiger partial charge in [0.15, 0.2) is 0 Å². The molecular formula is C16H12N4O. The van der Waals surface area contributed by atoms with Crippen molar-refractivity contribution in [2.45, 2.75) is 6.54 Å². The lowest BCUT2D eigenvalue weighted by Crippen LogP contribution is -2.22. The Kier molecular flexibility index (Phi) is 3.36. The topological polar surface area (TPSA) is 70.2 Å². The Hall–Kier alpha value is -3.13. The zero-order valence-corrected chi connectivity index (χ0v) is 11.2. The van der Waals surface area contributed by atoms with Crippen LogP contribution in [0.4, 0.5) is 0 Å². The van der Waals surface area contributed by atoms with Crippen molar-refractivity contribution in [2.24, 2.45) is 0 Å². The molecule has 3 aromatic rings. The van der Waals surface area contributed by atoms with E-state index in [1.165, 1.54) is 0 Å². The van der Waals surface area contributed by atoms with E-state index in [4.69, 9.17) is 5.26 Å². The highest BCUT2D eigenvalue weighted by atomic mass is 16.1. The summed E-state index contributed by atoms with van der Waals surface area (Å²) in [6.45, 7) is 0.409. The molecule has 0 atom stereocenters. The van der Waals surface area contributed by atoms with Gasteiger partial charge in [-0.3, -0.25) is 4.79 Å². The maximum atomic E-state index is 12.1. The highest BCUT2D eigenvalue weighted by Crippen LogP contribution is 2.10. The van der Waals surface area contributed by atoms with Crippen LogP contribution < -0.4 is 5.32 Å². The van der Waals surface area contributed by atoms with Crippen LogP contribution >= 0.6 is 0 Å². The first kappa shape index (κ1) is 12.9. The molecule has 2 heterocycles. The van der Waals surface area contributed by atoms with E-state index in [1.54, 1.807) is 35.0 Å². The third-order valence-corrected chi connectivity index (χ3v) is 3.22. The van der Waals surface area contributed by atoms with Crippen molar-refractivity contribution in [3.8, 4) is 6.07 Å². The molecule has 21 heavy (non-hydrogen) atoms. The Bertz CT molecular complexity index is 827. The number of nitrogens with zero attached hydrogens (tertiary/aromatic N) is 3.